The Hall–Kier alpha value is 0.230. The third-order valence-corrected chi connectivity index (χ3v) is 3.31. The van der Waals surface area contributed by atoms with Gasteiger partial charge >= 0.3 is 0 Å². The second-order valence-electron chi connectivity index (χ2n) is 4.51. The number of likely N-dealkylation sites (N-methyl/N-ethyl adjacent to an activating group) is 1. The molecule has 0 spiro atoms. The molecule has 1 atom stereocenters. The largest absolute Gasteiger partial charge is 0.390 e. The molecule has 0 amide bonds. The molecule has 0 radical (unpaired) electrons. The Morgan fingerprint density at radius 1 is 1.43 bits per heavy atom. The van der Waals surface area contributed by atoms with Crippen LogP contribution in [0.2, 0.25) is 0 Å². The molecule has 2 N–H and O–H groups in total. The summed E-state index contributed by atoms with van der Waals surface area (Å²) in [4.78, 5) is 1.99. The normalized spacial score (nSPS) is 14.8. The molecule has 0 aliphatic rings. The topological polar surface area (TPSA) is 35.5 Å². The first-order valence-electron chi connectivity index (χ1n) is 4.96. The van der Waals surface area contributed by atoms with E-state index in [4.69, 9.17) is 0 Å². The number of nitrogens with zero attached hydrogens (tertiary/aromatic N) is 1. The fourth-order valence-corrected chi connectivity index (χ4v) is 1.34. The molecule has 0 saturated carbocycles. The van der Waals surface area contributed by atoms with Crippen LogP contribution in [0.5, 0.6) is 0 Å². The van der Waals surface area contributed by atoms with Crippen LogP contribution in [0.1, 0.15) is 13.8 Å². The van der Waals surface area contributed by atoms with Crippen molar-refractivity contribution in [2.75, 3.05) is 40.0 Å². The summed E-state index contributed by atoms with van der Waals surface area (Å²) >= 11 is 1.84. The van der Waals surface area contributed by atoms with Gasteiger partial charge in [0.1, 0.15) is 0 Å². The van der Waals surface area contributed by atoms with Crippen LogP contribution in [0.3, 0.4) is 0 Å². The second kappa shape index (κ2) is 6.67. The first kappa shape index (κ1) is 14.2. The molecule has 0 bridgehead atoms. The molecule has 0 heterocycles. The van der Waals surface area contributed by atoms with Crippen molar-refractivity contribution < 1.29 is 5.11 Å². The zero-order valence-electron chi connectivity index (χ0n) is 10.0. The lowest BCUT2D eigenvalue weighted by molar-refractivity contribution is 0.134. The van der Waals surface area contributed by atoms with E-state index in [0.29, 0.717) is 13.1 Å². The van der Waals surface area contributed by atoms with E-state index in [2.05, 4.69) is 25.4 Å². The zero-order chi connectivity index (χ0) is 11.2. The van der Waals surface area contributed by atoms with Gasteiger partial charge in [-0.05, 0) is 34.2 Å². The van der Waals surface area contributed by atoms with E-state index in [-0.39, 0.29) is 10.9 Å². The summed E-state index contributed by atoms with van der Waals surface area (Å²) in [6.45, 7) is 6.71. The molecule has 0 aliphatic heterocycles. The Morgan fingerprint density at radius 3 is 2.43 bits per heavy atom. The minimum absolute atomic E-state index is 0.248. The van der Waals surface area contributed by atoms with Crippen LogP contribution in [-0.2, 0) is 0 Å². The number of hydrogen-bond donors (Lipinski definition) is 2. The Balaban J connectivity index is 3.53. The van der Waals surface area contributed by atoms with E-state index < -0.39 is 0 Å². The number of aliphatic hydroxyl groups is 1. The molecular formula is C10H24N2OS. The number of thioether (sulfide) groups is 1. The molecule has 0 aliphatic carbocycles. The van der Waals surface area contributed by atoms with Crippen molar-refractivity contribution in [1.82, 2.24) is 10.2 Å². The van der Waals surface area contributed by atoms with Gasteiger partial charge in [-0.2, -0.15) is 11.8 Å². The molecule has 0 aromatic heterocycles. The first-order valence-corrected chi connectivity index (χ1v) is 6.18. The molecule has 14 heavy (non-hydrogen) atoms. The molecule has 0 saturated heterocycles. The lowest BCUT2D eigenvalue weighted by Crippen LogP contribution is -2.40. The van der Waals surface area contributed by atoms with Gasteiger partial charge in [0.15, 0.2) is 0 Å². The van der Waals surface area contributed by atoms with Gasteiger partial charge in [-0.3, -0.25) is 0 Å². The van der Waals surface area contributed by atoms with Crippen LogP contribution in [-0.4, -0.2) is 60.8 Å². The minimum Gasteiger partial charge on any atom is -0.390 e. The molecule has 86 valence electrons. The lowest BCUT2D eigenvalue weighted by Gasteiger charge is -2.24. The molecule has 4 heteroatoms. The van der Waals surface area contributed by atoms with Crippen LogP contribution < -0.4 is 5.32 Å². The van der Waals surface area contributed by atoms with E-state index in [1.165, 1.54) is 0 Å². The zero-order valence-corrected chi connectivity index (χ0v) is 10.8. The van der Waals surface area contributed by atoms with Gasteiger partial charge in [0.2, 0.25) is 0 Å². The summed E-state index contributed by atoms with van der Waals surface area (Å²) < 4.78 is 0.248. The fraction of sp³-hybridized carbons (Fsp3) is 1.00. The summed E-state index contributed by atoms with van der Waals surface area (Å²) in [7, 11) is 3.93. The smallest absolute Gasteiger partial charge is 0.0791 e. The van der Waals surface area contributed by atoms with E-state index in [1.807, 2.05) is 30.8 Å². The molecule has 3 nitrogen and oxygen atoms in total. The van der Waals surface area contributed by atoms with Crippen molar-refractivity contribution in [3.63, 3.8) is 0 Å². The van der Waals surface area contributed by atoms with Gasteiger partial charge in [0.25, 0.3) is 0 Å². The predicted molar refractivity (Wildman–Crippen MR) is 65.0 cm³/mol. The number of rotatable bonds is 7. The monoisotopic (exact) mass is 220 g/mol. The number of aliphatic hydroxyl groups excluding tert-OH is 1. The summed E-state index contributed by atoms with van der Waals surface area (Å²) in [5, 5.41) is 12.9. The Morgan fingerprint density at radius 2 is 2.00 bits per heavy atom. The van der Waals surface area contributed by atoms with E-state index in [9.17, 15) is 5.11 Å². The van der Waals surface area contributed by atoms with Crippen molar-refractivity contribution in [2.24, 2.45) is 0 Å². The van der Waals surface area contributed by atoms with Crippen molar-refractivity contribution in [3.8, 4) is 0 Å². The molecule has 0 aromatic rings. The number of nitrogens with one attached hydrogen (secondary N) is 1. The van der Waals surface area contributed by atoms with Gasteiger partial charge in [-0.15, -0.1) is 0 Å². The summed E-state index contributed by atoms with van der Waals surface area (Å²) in [5.41, 5.74) is 0. The van der Waals surface area contributed by atoms with E-state index in [0.717, 1.165) is 6.54 Å². The van der Waals surface area contributed by atoms with E-state index in [1.54, 1.807) is 0 Å². The summed E-state index contributed by atoms with van der Waals surface area (Å²) in [5.74, 6) is 0. The SMILES string of the molecule is CSC(C)(C)CNCC(O)CN(C)C. The fourth-order valence-electron chi connectivity index (χ4n) is 1.10. The maximum Gasteiger partial charge on any atom is 0.0791 e. The van der Waals surface area contributed by atoms with E-state index >= 15 is 0 Å². The average molecular weight is 220 g/mol. The van der Waals surface area contributed by atoms with Gasteiger partial charge in [0.05, 0.1) is 6.10 Å². The van der Waals surface area contributed by atoms with Crippen LogP contribution in [0, 0.1) is 0 Å². The first-order chi connectivity index (χ1) is 6.37. The van der Waals surface area contributed by atoms with Gasteiger partial charge in [-0.25, -0.2) is 0 Å². The average Bonchev–Trinajstić information content (AvgIpc) is 2.02. The van der Waals surface area contributed by atoms with Gasteiger partial charge < -0.3 is 15.3 Å². The van der Waals surface area contributed by atoms with Crippen molar-refractivity contribution in [3.05, 3.63) is 0 Å². The van der Waals surface area contributed by atoms with Crippen LogP contribution in [0.25, 0.3) is 0 Å². The maximum absolute atomic E-state index is 9.58. The molecule has 0 fully saturated rings. The van der Waals surface area contributed by atoms with Crippen LogP contribution in [0.4, 0.5) is 0 Å². The maximum atomic E-state index is 9.58. The third-order valence-electron chi connectivity index (χ3n) is 2.06. The Labute approximate surface area is 92.3 Å². The van der Waals surface area contributed by atoms with Crippen LogP contribution >= 0.6 is 11.8 Å². The predicted octanol–water partition coefficient (Wildman–Crippen LogP) is 0.640. The highest BCUT2D eigenvalue weighted by atomic mass is 32.2. The summed E-state index contributed by atoms with van der Waals surface area (Å²) in [6.07, 6.45) is 1.83. The van der Waals surface area contributed by atoms with Crippen LogP contribution in [0.15, 0.2) is 0 Å². The quantitative estimate of drug-likeness (QED) is 0.660. The highest BCUT2D eigenvalue weighted by molar-refractivity contribution is 7.99. The Kier molecular flexibility index (Phi) is 6.78. The minimum atomic E-state index is -0.275. The van der Waals surface area contributed by atoms with Crippen molar-refractivity contribution in [2.45, 2.75) is 24.7 Å². The Bertz CT molecular complexity index is 151. The molecule has 1 unspecified atom stereocenters. The highest BCUT2D eigenvalue weighted by Gasteiger charge is 2.15. The van der Waals surface area contributed by atoms with Gasteiger partial charge in [-0.1, -0.05) is 0 Å². The van der Waals surface area contributed by atoms with Gasteiger partial charge in [0, 0.05) is 24.4 Å². The third kappa shape index (κ3) is 7.62. The molecule has 0 rings (SSSR count). The van der Waals surface area contributed by atoms with Crippen molar-refractivity contribution >= 4 is 11.8 Å². The summed E-state index contributed by atoms with van der Waals surface area (Å²) in [6, 6.07) is 0. The van der Waals surface area contributed by atoms with Crippen molar-refractivity contribution in [1.29, 1.82) is 0 Å². The standard InChI is InChI=1S/C10H24N2OS/c1-10(2,14-5)8-11-6-9(13)7-12(3)4/h9,11,13H,6-8H2,1-5H3. The second-order valence-corrected chi connectivity index (χ2v) is 6.02. The molecular weight excluding hydrogens is 196 g/mol. The number of hydrogen-bond acceptors (Lipinski definition) is 4. The molecule has 0 aromatic carbocycles. The highest BCUT2D eigenvalue weighted by Crippen LogP contribution is 2.19. The lowest BCUT2D eigenvalue weighted by atomic mass is 10.2.